The second-order valence-electron chi connectivity index (χ2n) is 9.29. The fourth-order valence-corrected chi connectivity index (χ4v) is 5.40. The number of benzene rings is 1. The van der Waals surface area contributed by atoms with Gasteiger partial charge in [-0.1, -0.05) is 12.1 Å². The van der Waals surface area contributed by atoms with Crippen molar-refractivity contribution in [3.63, 3.8) is 0 Å². The Morgan fingerprint density at radius 3 is 2.44 bits per heavy atom. The van der Waals surface area contributed by atoms with E-state index in [1.54, 1.807) is 9.80 Å². The fraction of sp³-hybridized carbons (Fsp3) is 0.615. The number of hydrogen-bond donors (Lipinski definition) is 0. The molecule has 2 amide bonds. The Balaban J connectivity index is 1.66. The predicted octanol–water partition coefficient (Wildman–Crippen LogP) is 4.17. The molecule has 2 aliphatic heterocycles. The van der Waals surface area contributed by atoms with Gasteiger partial charge in [-0.15, -0.1) is 0 Å². The third-order valence-electron chi connectivity index (χ3n) is 7.40. The summed E-state index contributed by atoms with van der Waals surface area (Å²) in [6.07, 6.45) is 4.40. The highest BCUT2D eigenvalue weighted by Crippen LogP contribution is 2.56. The molecule has 186 valence electrons. The fourth-order valence-electron chi connectivity index (χ4n) is 5.40. The maximum absolute atomic E-state index is 12.7. The predicted molar refractivity (Wildman–Crippen MR) is 129 cm³/mol. The highest BCUT2D eigenvalue weighted by molar-refractivity contribution is 5.73. The van der Waals surface area contributed by atoms with Crippen LogP contribution in [0.3, 0.4) is 0 Å². The van der Waals surface area contributed by atoms with Crippen molar-refractivity contribution in [1.82, 2.24) is 14.7 Å². The van der Waals surface area contributed by atoms with Crippen molar-refractivity contribution >= 4 is 12.2 Å². The molecule has 0 fully saturated rings. The standard InChI is InChI=1S/C26H37N3O5/c1-6-28(7-2)24(30)32-19-12-13-26-14-15-27(5)17-18-10-11-20(33-25(31)29(8-3)9-4)23(22(18)26)34-21(26)16-19/h10-13,19,21H,6-9,14-17H2,1-5H3/t19-,21-,26-/m0/s1. The van der Waals surface area contributed by atoms with Crippen LogP contribution < -0.4 is 9.47 Å². The molecule has 8 heteroatoms. The van der Waals surface area contributed by atoms with Crippen LogP contribution in [0, 0.1) is 0 Å². The third-order valence-corrected chi connectivity index (χ3v) is 7.40. The molecular weight excluding hydrogens is 434 g/mol. The third kappa shape index (κ3) is 4.24. The van der Waals surface area contributed by atoms with Crippen molar-refractivity contribution in [3.8, 4) is 11.5 Å². The molecule has 0 bridgehead atoms. The highest BCUT2D eigenvalue weighted by Gasteiger charge is 2.53. The van der Waals surface area contributed by atoms with Gasteiger partial charge in [0.2, 0.25) is 0 Å². The summed E-state index contributed by atoms with van der Waals surface area (Å²) < 4.78 is 18.2. The van der Waals surface area contributed by atoms with Gasteiger partial charge < -0.3 is 28.9 Å². The summed E-state index contributed by atoms with van der Waals surface area (Å²) >= 11 is 0. The van der Waals surface area contributed by atoms with Gasteiger partial charge in [0.25, 0.3) is 0 Å². The van der Waals surface area contributed by atoms with Crippen molar-refractivity contribution in [2.75, 3.05) is 39.8 Å². The van der Waals surface area contributed by atoms with Crippen LogP contribution in [0.25, 0.3) is 0 Å². The first-order valence-corrected chi connectivity index (χ1v) is 12.5. The number of carbonyl (C=O) groups is 2. The molecule has 0 unspecified atom stereocenters. The number of carbonyl (C=O) groups excluding carboxylic acids is 2. The Morgan fingerprint density at radius 1 is 1.09 bits per heavy atom. The lowest BCUT2D eigenvalue weighted by Crippen LogP contribution is -2.44. The van der Waals surface area contributed by atoms with Crippen molar-refractivity contribution in [1.29, 1.82) is 0 Å². The maximum Gasteiger partial charge on any atom is 0.415 e. The van der Waals surface area contributed by atoms with Crippen LogP contribution in [0.5, 0.6) is 11.5 Å². The summed E-state index contributed by atoms with van der Waals surface area (Å²) in [6.45, 7) is 11.8. The molecule has 4 rings (SSSR count). The topological polar surface area (TPSA) is 71.5 Å². The van der Waals surface area contributed by atoms with Gasteiger partial charge in [-0.2, -0.15) is 0 Å². The Labute approximate surface area is 202 Å². The SMILES string of the molecule is CCN(CC)C(=O)Oc1ccc2c3c1O[C@H]1C[C@@H](OC(=O)N(CC)CC)C=C[C@@]31CCN(C)C2. The molecule has 0 aromatic heterocycles. The van der Waals surface area contributed by atoms with E-state index in [1.165, 1.54) is 5.56 Å². The van der Waals surface area contributed by atoms with Crippen LogP contribution in [0.15, 0.2) is 24.3 Å². The lowest BCUT2D eigenvalue weighted by Gasteiger charge is -2.37. The van der Waals surface area contributed by atoms with E-state index < -0.39 is 0 Å². The number of ether oxygens (including phenoxy) is 3. The van der Waals surface area contributed by atoms with Crippen LogP contribution in [-0.2, 0) is 16.7 Å². The molecule has 2 heterocycles. The van der Waals surface area contributed by atoms with Crippen LogP contribution in [0.1, 0.15) is 51.7 Å². The molecule has 3 aliphatic rings. The van der Waals surface area contributed by atoms with Gasteiger partial charge in [-0.05, 0) is 65.4 Å². The molecule has 8 nitrogen and oxygen atoms in total. The lowest BCUT2D eigenvalue weighted by atomic mass is 9.69. The van der Waals surface area contributed by atoms with Crippen LogP contribution >= 0.6 is 0 Å². The molecule has 34 heavy (non-hydrogen) atoms. The zero-order valence-electron chi connectivity index (χ0n) is 21.0. The molecule has 0 saturated heterocycles. The molecule has 1 aliphatic carbocycles. The van der Waals surface area contributed by atoms with Gasteiger partial charge in [0.05, 0.1) is 5.41 Å². The van der Waals surface area contributed by atoms with E-state index in [9.17, 15) is 9.59 Å². The Bertz CT molecular complexity index is 956. The second-order valence-corrected chi connectivity index (χ2v) is 9.29. The van der Waals surface area contributed by atoms with Crippen LogP contribution in [-0.4, -0.2) is 78.9 Å². The molecule has 0 radical (unpaired) electrons. The minimum Gasteiger partial charge on any atom is -0.485 e. The molecule has 3 atom stereocenters. The molecule has 1 aromatic carbocycles. The van der Waals surface area contributed by atoms with E-state index >= 15 is 0 Å². The largest absolute Gasteiger partial charge is 0.485 e. The Kier molecular flexibility index (Phi) is 7.07. The van der Waals surface area contributed by atoms with Crippen LogP contribution in [0.4, 0.5) is 9.59 Å². The minimum atomic E-state index is -0.374. The van der Waals surface area contributed by atoms with Gasteiger partial charge in [-0.25, -0.2) is 9.59 Å². The van der Waals surface area contributed by atoms with Gasteiger partial charge >= 0.3 is 12.2 Å². The number of hydrogen-bond acceptors (Lipinski definition) is 6. The zero-order valence-corrected chi connectivity index (χ0v) is 21.0. The average Bonchev–Trinajstić information content (AvgIpc) is 3.08. The van der Waals surface area contributed by atoms with Gasteiger partial charge in [-0.3, -0.25) is 0 Å². The molecule has 0 N–H and O–H groups in total. The smallest absolute Gasteiger partial charge is 0.415 e. The monoisotopic (exact) mass is 471 g/mol. The van der Waals surface area contributed by atoms with E-state index in [0.29, 0.717) is 44.1 Å². The van der Waals surface area contributed by atoms with Crippen molar-refractivity contribution in [2.45, 2.75) is 64.7 Å². The van der Waals surface area contributed by atoms with E-state index in [1.807, 2.05) is 39.8 Å². The molecule has 1 spiro atoms. The van der Waals surface area contributed by atoms with E-state index in [2.05, 4.69) is 24.1 Å². The minimum absolute atomic E-state index is 0.194. The molecule has 1 aromatic rings. The summed E-state index contributed by atoms with van der Waals surface area (Å²) in [6, 6.07) is 3.90. The van der Waals surface area contributed by atoms with Crippen molar-refractivity contribution in [2.24, 2.45) is 0 Å². The lowest BCUT2D eigenvalue weighted by molar-refractivity contribution is 0.0428. The molecular formula is C26H37N3O5. The highest BCUT2D eigenvalue weighted by atomic mass is 16.6. The first-order valence-electron chi connectivity index (χ1n) is 12.5. The first kappa shape index (κ1) is 24.4. The maximum atomic E-state index is 12.7. The van der Waals surface area contributed by atoms with Gasteiger partial charge in [0, 0.05) is 44.7 Å². The summed E-state index contributed by atoms with van der Waals surface area (Å²) in [5.74, 6) is 1.11. The van der Waals surface area contributed by atoms with Crippen molar-refractivity contribution in [3.05, 3.63) is 35.4 Å². The van der Waals surface area contributed by atoms with E-state index in [0.717, 1.165) is 25.1 Å². The van der Waals surface area contributed by atoms with E-state index in [4.69, 9.17) is 14.2 Å². The first-order chi connectivity index (χ1) is 16.4. The normalized spacial score (nSPS) is 25.0. The number of amides is 2. The van der Waals surface area contributed by atoms with E-state index in [-0.39, 0.29) is 29.8 Å². The quantitative estimate of drug-likeness (QED) is 0.580. The molecule has 0 saturated carbocycles. The Hall–Kier alpha value is -2.74. The summed E-state index contributed by atoms with van der Waals surface area (Å²) in [7, 11) is 2.12. The zero-order chi connectivity index (χ0) is 24.5. The summed E-state index contributed by atoms with van der Waals surface area (Å²) in [5.41, 5.74) is 1.96. The Morgan fingerprint density at radius 2 is 1.76 bits per heavy atom. The summed E-state index contributed by atoms with van der Waals surface area (Å²) in [5, 5.41) is 0. The number of rotatable bonds is 6. The number of nitrogens with zero attached hydrogens (tertiary/aromatic N) is 3. The summed E-state index contributed by atoms with van der Waals surface area (Å²) in [4.78, 5) is 30.9. The second kappa shape index (κ2) is 9.86. The van der Waals surface area contributed by atoms with Gasteiger partial charge in [0.1, 0.15) is 12.2 Å². The average molecular weight is 472 g/mol. The van der Waals surface area contributed by atoms with Gasteiger partial charge in [0.15, 0.2) is 11.5 Å². The van der Waals surface area contributed by atoms with Crippen LogP contribution in [0.2, 0.25) is 0 Å². The van der Waals surface area contributed by atoms with Crippen molar-refractivity contribution < 1.29 is 23.8 Å².